The van der Waals surface area contributed by atoms with Crippen molar-refractivity contribution in [1.82, 2.24) is 0 Å². The average molecular weight is 201 g/mol. The van der Waals surface area contributed by atoms with Crippen LogP contribution in [0.2, 0.25) is 0 Å². The lowest BCUT2D eigenvalue weighted by Gasteiger charge is -1.95. The number of hydrogen-bond acceptors (Lipinski definition) is 2. The highest BCUT2D eigenvalue weighted by Crippen LogP contribution is 2.31. The highest BCUT2D eigenvalue weighted by atomic mass is 32.1. The maximum absolute atomic E-state index is 8.97. The molecule has 0 aliphatic rings. The van der Waals surface area contributed by atoms with Crippen molar-refractivity contribution in [1.29, 1.82) is 5.26 Å². The summed E-state index contributed by atoms with van der Waals surface area (Å²) in [5, 5.41) is 10.2. The molecule has 0 N–H and O–H groups in total. The standard InChI is InChI=1S/C12H11NS/c1-3-10-6-11-8(2)4-5-9(7-13)12(11)14-10/h4-6H,3H2,1-2H3. The van der Waals surface area contributed by atoms with E-state index in [1.165, 1.54) is 15.8 Å². The third kappa shape index (κ3) is 1.30. The van der Waals surface area contributed by atoms with Gasteiger partial charge in [0.15, 0.2) is 0 Å². The molecule has 2 heteroatoms. The van der Waals surface area contributed by atoms with Gasteiger partial charge in [0.25, 0.3) is 0 Å². The molecule has 1 heterocycles. The Morgan fingerprint density at radius 2 is 2.21 bits per heavy atom. The minimum absolute atomic E-state index is 0.801. The van der Waals surface area contributed by atoms with Crippen molar-refractivity contribution in [2.24, 2.45) is 0 Å². The molecule has 0 bridgehead atoms. The van der Waals surface area contributed by atoms with Gasteiger partial charge in [0.1, 0.15) is 6.07 Å². The third-order valence-electron chi connectivity index (χ3n) is 2.42. The summed E-state index contributed by atoms with van der Waals surface area (Å²) in [4.78, 5) is 1.35. The summed E-state index contributed by atoms with van der Waals surface area (Å²) in [6.07, 6.45) is 1.05. The average Bonchev–Trinajstić information content (AvgIpc) is 2.63. The largest absolute Gasteiger partial charge is 0.192 e. The highest BCUT2D eigenvalue weighted by molar-refractivity contribution is 7.19. The summed E-state index contributed by atoms with van der Waals surface area (Å²) < 4.78 is 1.14. The Balaban J connectivity index is 2.83. The van der Waals surface area contributed by atoms with Gasteiger partial charge in [-0.05, 0) is 36.4 Å². The number of aryl methyl sites for hydroxylation is 2. The normalized spacial score (nSPS) is 10.4. The van der Waals surface area contributed by atoms with Crippen molar-refractivity contribution >= 4 is 21.4 Å². The Kier molecular flexibility index (Phi) is 2.26. The molecular weight excluding hydrogens is 190 g/mol. The van der Waals surface area contributed by atoms with E-state index in [-0.39, 0.29) is 0 Å². The van der Waals surface area contributed by atoms with Crippen LogP contribution in [0, 0.1) is 18.3 Å². The summed E-state index contributed by atoms with van der Waals surface area (Å²) in [5.74, 6) is 0. The van der Waals surface area contributed by atoms with Gasteiger partial charge in [-0.15, -0.1) is 11.3 Å². The van der Waals surface area contributed by atoms with Gasteiger partial charge in [0, 0.05) is 4.88 Å². The van der Waals surface area contributed by atoms with E-state index in [9.17, 15) is 0 Å². The van der Waals surface area contributed by atoms with Gasteiger partial charge in [-0.25, -0.2) is 0 Å². The molecule has 2 aromatic rings. The van der Waals surface area contributed by atoms with Crippen LogP contribution in [-0.2, 0) is 6.42 Å². The zero-order valence-electron chi connectivity index (χ0n) is 8.29. The van der Waals surface area contributed by atoms with Gasteiger partial charge in [-0.1, -0.05) is 13.0 Å². The van der Waals surface area contributed by atoms with Gasteiger partial charge in [-0.2, -0.15) is 5.26 Å². The van der Waals surface area contributed by atoms with Gasteiger partial charge in [0.2, 0.25) is 0 Å². The maximum Gasteiger partial charge on any atom is 0.101 e. The number of hydrogen-bond donors (Lipinski definition) is 0. The first-order valence-corrected chi connectivity index (χ1v) is 5.50. The Morgan fingerprint density at radius 3 is 2.86 bits per heavy atom. The smallest absolute Gasteiger partial charge is 0.101 e. The van der Waals surface area contributed by atoms with Crippen molar-refractivity contribution in [2.75, 3.05) is 0 Å². The summed E-state index contributed by atoms with van der Waals surface area (Å²) in [7, 11) is 0. The van der Waals surface area contributed by atoms with Crippen LogP contribution in [-0.4, -0.2) is 0 Å². The van der Waals surface area contributed by atoms with Gasteiger partial charge < -0.3 is 0 Å². The van der Waals surface area contributed by atoms with Crippen LogP contribution in [0.25, 0.3) is 10.1 Å². The van der Waals surface area contributed by atoms with E-state index in [1.807, 2.05) is 12.1 Å². The molecule has 14 heavy (non-hydrogen) atoms. The Labute approximate surface area is 87.6 Å². The number of rotatable bonds is 1. The Morgan fingerprint density at radius 1 is 1.43 bits per heavy atom. The molecule has 0 saturated carbocycles. The predicted molar refractivity (Wildman–Crippen MR) is 60.7 cm³/mol. The molecule has 0 radical (unpaired) electrons. The summed E-state index contributed by atoms with van der Waals surface area (Å²) >= 11 is 1.74. The van der Waals surface area contributed by atoms with E-state index in [0.29, 0.717) is 0 Å². The van der Waals surface area contributed by atoms with Crippen LogP contribution in [0.1, 0.15) is 22.9 Å². The fourth-order valence-corrected chi connectivity index (χ4v) is 2.71. The first kappa shape index (κ1) is 9.23. The number of benzene rings is 1. The van der Waals surface area contributed by atoms with E-state index in [0.717, 1.165) is 16.7 Å². The quantitative estimate of drug-likeness (QED) is 0.691. The summed E-state index contributed by atoms with van der Waals surface area (Å²) in [5.41, 5.74) is 2.06. The summed E-state index contributed by atoms with van der Waals surface area (Å²) in [6.45, 7) is 4.24. The second-order valence-electron chi connectivity index (χ2n) is 3.35. The maximum atomic E-state index is 8.97. The molecule has 0 unspecified atom stereocenters. The van der Waals surface area contributed by atoms with E-state index in [1.54, 1.807) is 11.3 Å². The van der Waals surface area contributed by atoms with Crippen LogP contribution in [0.5, 0.6) is 0 Å². The van der Waals surface area contributed by atoms with Crippen molar-refractivity contribution in [3.63, 3.8) is 0 Å². The van der Waals surface area contributed by atoms with E-state index in [4.69, 9.17) is 5.26 Å². The molecular formula is C12H11NS. The van der Waals surface area contributed by atoms with Gasteiger partial charge in [-0.3, -0.25) is 0 Å². The molecule has 0 fully saturated rings. The van der Waals surface area contributed by atoms with Crippen LogP contribution in [0.3, 0.4) is 0 Å². The number of nitriles is 1. The molecule has 0 amide bonds. The Bertz CT molecular complexity index is 517. The van der Waals surface area contributed by atoms with Crippen LogP contribution >= 0.6 is 11.3 Å². The minimum Gasteiger partial charge on any atom is -0.192 e. The van der Waals surface area contributed by atoms with Gasteiger partial charge in [0.05, 0.1) is 10.3 Å². The molecule has 0 aliphatic carbocycles. The monoisotopic (exact) mass is 201 g/mol. The molecule has 2 rings (SSSR count). The second kappa shape index (κ2) is 3.43. The highest BCUT2D eigenvalue weighted by Gasteiger charge is 2.07. The van der Waals surface area contributed by atoms with Crippen LogP contribution in [0.4, 0.5) is 0 Å². The topological polar surface area (TPSA) is 23.8 Å². The van der Waals surface area contributed by atoms with Gasteiger partial charge >= 0.3 is 0 Å². The molecule has 0 atom stereocenters. The van der Waals surface area contributed by atoms with Crippen molar-refractivity contribution in [3.05, 3.63) is 34.2 Å². The predicted octanol–water partition coefficient (Wildman–Crippen LogP) is 3.64. The first-order chi connectivity index (χ1) is 6.76. The number of thiophene rings is 1. The number of fused-ring (bicyclic) bond motifs is 1. The Hall–Kier alpha value is -1.33. The fourth-order valence-electron chi connectivity index (χ4n) is 1.57. The molecule has 70 valence electrons. The molecule has 1 aromatic heterocycles. The van der Waals surface area contributed by atoms with Crippen LogP contribution < -0.4 is 0 Å². The second-order valence-corrected chi connectivity index (χ2v) is 4.49. The molecule has 1 aromatic carbocycles. The summed E-state index contributed by atoms with van der Waals surface area (Å²) in [6, 6.07) is 8.38. The fraction of sp³-hybridized carbons (Fsp3) is 0.250. The first-order valence-electron chi connectivity index (χ1n) is 4.68. The lowest BCUT2D eigenvalue weighted by molar-refractivity contribution is 1.19. The van der Waals surface area contributed by atoms with Crippen molar-refractivity contribution in [2.45, 2.75) is 20.3 Å². The van der Waals surface area contributed by atoms with Crippen molar-refractivity contribution < 1.29 is 0 Å². The molecule has 0 spiro atoms. The minimum atomic E-state index is 0.801. The zero-order valence-corrected chi connectivity index (χ0v) is 9.11. The molecule has 0 saturated heterocycles. The van der Waals surface area contributed by atoms with Crippen molar-refractivity contribution in [3.8, 4) is 6.07 Å². The van der Waals surface area contributed by atoms with E-state index in [2.05, 4.69) is 26.0 Å². The van der Waals surface area contributed by atoms with E-state index >= 15 is 0 Å². The van der Waals surface area contributed by atoms with Crippen LogP contribution in [0.15, 0.2) is 18.2 Å². The lowest BCUT2D eigenvalue weighted by atomic mass is 10.1. The third-order valence-corrected chi connectivity index (χ3v) is 3.73. The molecule has 1 nitrogen and oxygen atoms in total. The lowest BCUT2D eigenvalue weighted by Crippen LogP contribution is -1.77. The molecule has 0 aliphatic heterocycles. The zero-order chi connectivity index (χ0) is 10.1. The SMILES string of the molecule is CCc1cc2c(C)ccc(C#N)c2s1. The van der Waals surface area contributed by atoms with E-state index < -0.39 is 0 Å². The number of nitrogens with zero attached hydrogens (tertiary/aromatic N) is 1.